The summed E-state index contributed by atoms with van der Waals surface area (Å²) in [7, 11) is 1.52. The lowest BCUT2D eigenvalue weighted by molar-refractivity contribution is -0.0685. The molecule has 0 saturated carbocycles. The zero-order chi connectivity index (χ0) is 16.2. The zero-order valence-electron chi connectivity index (χ0n) is 11.8. The molecular formula is C17H14BrF3O. The number of alkyl halides is 4. The molecule has 0 atom stereocenters. The smallest absolute Gasteiger partial charge is 0.417 e. The monoisotopic (exact) mass is 370 g/mol. The van der Waals surface area contributed by atoms with Crippen LogP contribution in [0.15, 0.2) is 54.6 Å². The SMILES string of the molecule is COc1ccc(/C(CBr)=C(/c2ccccc2)C(F)(F)F)cc1. The van der Waals surface area contributed by atoms with Gasteiger partial charge in [-0.05, 0) is 28.8 Å². The minimum absolute atomic E-state index is 0.100. The number of ether oxygens (including phenoxy) is 1. The third-order valence-electron chi connectivity index (χ3n) is 3.22. The van der Waals surface area contributed by atoms with Gasteiger partial charge in [-0.1, -0.05) is 58.4 Å². The summed E-state index contributed by atoms with van der Waals surface area (Å²) in [4.78, 5) is 0. The van der Waals surface area contributed by atoms with Crippen molar-refractivity contribution in [3.63, 3.8) is 0 Å². The highest BCUT2D eigenvalue weighted by atomic mass is 79.9. The summed E-state index contributed by atoms with van der Waals surface area (Å²) in [6, 6.07) is 14.4. The number of hydrogen-bond donors (Lipinski definition) is 0. The Morgan fingerprint density at radius 3 is 2.00 bits per heavy atom. The normalized spacial score (nSPS) is 12.8. The highest BCUT2D eigenvalue weighted by Crippen LogP contribution is 2.40. The first-order chi connectivity index (χ1) is 10.5. The predicted molar refractivity (Wildman–Crippen MR) is 86.1 cm³/mol. The predicted octanol–water partition coefficient (Wildman–Crippen LogP) is 5.56. The van der Waals surface area contributed by atoms with Gasteiger partial charge in [0.25, 0.3) is 0 Å². The summed E-state index contributed by atoms with van der Waals surface area (Å²) < 4.78 is 45.8. The molecule has 0 spiro atoms. The molecule has 0 radical (unpaired) electrons. The highest BCUT2D eigenvalue weighted by Gasteiger charge is 2.37. The first-order valence-corrected chi connectivity index (χ1v) is 7.65. The van der Waals surface area contributed by atoms with E-state index in [-0.39, 0.29) is 16.5 Å². The van der Waals surface area contributed by atoms with Crippen LogP contribution in [-0.2, 0) is 0 Å². The van der Waals surface area contributed by atoms with E-state index in [1.165, 1.54) is 19.2 Å². The van der Waals surface area contributed by atoms with E-state index < -0.39 is 11.7 Å². The molecule has 0 amide bonds. The van der Waals surface area contributed by atoms with Crippen LogP contribution in [0.25, 0.3) is 11.1 Å². The molecule has 22 heavy (non-hydrogen) atoms. The number of halogens is 4. The largest absolute Gasteiger partial charge is 0.497 e. The molecule has 0 aliphatic heterocycles. The fourth-order valence-corrected chi connectivity index (χ4v) is 2.80. The highest BCUT2D eigenvalue weighted by molar-refractivity contribution is 9.09. The molecule has 0 unspecified atom stereocenters. The van der Waals surface area contributed by atoms with Gasteiger partial charge in [-0.25, -0.2) is 0 Å². The molecule has 0 fully saturated rings. The van der Waals surface area contributed by atoms with E-state index >= 15 is 0 Å². The molecule has 2 rings (SSSR count). The van der Waals surface area contributed by atoms with Crippen LogP contribution in [0.1, 0.15) is 11.1 Å². The van der Waals surface area contributed by atoms with Gasteiger partial charge < -0.3 is 4.74 Å². The molecular weight excluding hydrogens is 357 g/mol. The number of hydrogen-bond acceptors (Lipinski definition) is 1. The summed E-state index contributed by atoms with van der Waals surface area (Å²) in [5.41, 5.74) is 0.227. The summed E-state index contributed by atoms with van der Waals surface area (Å²) in [5.74, 6) is 0.603. The maximum atomic E-state index is 13.6. The second-order valence-corrected chi connectivity index (χ2v) is 5.14. The maximum Gasteiger partial charge on any atom is 0.417 e. The fraction of sp³-hybridized carbons (Fsp3) is 0.176. The summed E-state index contributed by atoms with van der Waals surface area (Å²) in [6.45, 7) is 0. The van der Waals surface area contributed by atoms with Crippen LogP contribution in [-0.4, -0.2) is 18.6 Å². The minimum Gasteiger partial charge on any atom is -0.497 e. The Kier molecular flexibility index (Phi) is 5.29. The van der Waals surface area contributed by atoms with Crippen LogP contribution in [0, 0.1) is 0 Å². The van der Waals surface area contributed by atoms with Crippen LogP contribution < -0.4 is 4.74 Å². The average Bonchev–Trinajstić information content (AvgIpc) is 2.52. The van der Waals surface area contributed by atoms with Crippen molar-refractivity contribution in [2.75, 3.05) is 12.4 Å². The summed E-state index contributed by atoms with van der Waals surface area (Å²) >= 11 is 3.19. The molecule has 0 N–H and O–H groups in total. The van der Waals surface area contributed by atoms with Gasteiger partial charge in [0.1, 0.15) is 5.75 Å². The Balaban J connectivity index is 2.63. The number of rotatable bonds is 4. The van der Waals surface area contributed by atoms with Crippen molar-refractivity contribution < 1.29 is 17.9 Å². The van der Waals surface area contributed by atoms with Crippen LogP contribution >= 0.6 is 15.9 Å². The van der Waals surface area contributed by atoms with E-state index in [0.29, 0.717) is 11.3 Å². The van der Waals surface area contributed by atoms with Crippen molar-refractivity contribution in [2.45, 2.75) is 6.18 Å². The standard InChI is InChI=1S/C17H14BrF3O/c1-22-14-9-7-12(8-10-14)15(11-18)16(17(19,20)21)13-5-3-2-4-6-13/h2-10H,11H2,1H3/b16-15-. The maximum absolute atomic E-state index is 13.6. The Hall–Kier alpha value is -1.75. The molecule has 0 heterocycles. The van der Waals surface area contributed by atoms with E-state index in [1.807, 2.05) is 0 Å². The van der Waals surface area contributed by atoms with Gasteiger partial charge in [0.15, 0.2) is 0 Å². The van der Waals surface area contributed by atoms with Gasteiger partial charge in [-0.3, -0.25) is 0 Å². The van der Waals surface area contributed by atoms with E-state index in [9.17, 15) is 13.2 Å². The van der Waals surface area contributed by atoms with Crippen LogP contribution in [0.2, 0.25) is 0 Å². The molecule has 2 aromatic rings. The third kappa shape index (κ3) is 3.71. The van der Waals surface area contributed by atoms with Gasteiger partial charge in [0, 0.05) is 5.33 Å². The van der Waals surface area contributed by atoms with Gasteiger partial charge in [-0.15, -0.1) is 0 Å². The van der Waals surface area contributed by atoms with Gasteiger partial charge >= 0.3 is 6.18 Å². The second kappa shape index (κ2) is 7.01. The van der Waals surface area contributed by atoms with E-state index in [0.717, 1.165) is 0 Å². The van der Waals surface area contributed by atoms with Crippen molar-refractivity contribution in [1.82, 2.24) is 0 Å². The van der Waals surface area contributed by atoms with Crippen LogP contribution in [0.3, 0.4) is 0 Å². The Labute approximate surface area is 135 Å². The van der Waals surface area contributed by atoms with Crippen molar-refractivity contribution in [3.8, 4) is 5.75 Å². The van der Waals surface area contributed by atoms with Gasteiger partial charge in [-0.2, -0.15) is 13.2 Å². The second-order valence-electron chi connectivity index (χ2n) is 4.58. The third-order valence-corrected chi connectivity index (χ3v) is 3.78. The number of benzene rings is 2. The number of methoxy groups -OCH3 is 1. The average molecular weight is 371 g/mol. The van der Waals surface area contributed by atoms with Gasteiger partial charge in [0.05, 0.1) is 12.7 Å². The molecule has 0 aliphatic carbocycles. The molecule has 1 nitrogen and oxygen atoms in total. The Morgan fingerprint density at radius 2 is 1.55 bits per heavy atom. The quantitative estimate of drug-likeness (QED) is 0.505. The minimum atomic E-state index is -4.44. The molecule has 5 heteroatoms. The van der Waals surface area contributed by atoms with Gasteiger partial charge in [0.2, 0.25) is 0 Å². The van der Waals surface area contributed by atoms with Crippen molar-refractivity contribution in [2.24, 2.45) is 0 Å². The van der Waals surface area contributed by atoms with E-state index in [4.69, 9.17) is 4.74 Å². The van der Waals surface area contributed by atoms with E-state index in [1.54, 1.807) is 42.5 Å². The lowest BCUT2D eigenvalue weighted by atomic mass is 9.95. The van der Waals surface area contributed by atoms with E-state index in [2.05, 4.69) is 15.9 Å². The Morgan fingerprint density at radius 1 is 0.955 bits per heavy atom. The summed E-state index contributed by atoms with van der Waals surface area (Å²) in [5, 5.41) is 0.100. The van der Waals surface area contributed by atoms with Crippen molar-refractivity contribution in [3.05, 3.63) is 65.7 Å². The van der Waals surface area contributed by atoms with Crippen molar-refractivity contribution in [1.29, 1.82) is 0 Å². The van der Waals surface area contributed by atoms with Crippen molar-refractivity contribution >= 4 is 27.1 Å². The molecule has 116 valence electrons. The molecule has 0 bridgehead atoms. The zero-order valence-corrected chi connectivity index (χ0v) is 13.4. The van der Waals surface area contributed by atoms with Crippen LogP contribution in [0.5, 0.6) is 5.75 Å². The lowest BCUT2D eigenvalue weighted by Gasteiger charge is -2.18. The lowest BCUT2D eigenvalue weighted by Crippen LogP contribution is -2.13. The number of allylic oxidation sites excluding steroid dienone is 2. The fourth-order valence-electron chi connectivity index (χ4n) is 2.19. The topological polar surface area (TPSA) is 9.23 Å². The first-order valence-electron chi connectivity index (χ1n) is 6.53. The van der Waals surface area contributed by atoms with Crippen LogP contribution in [0.4, 0.5) is 13.2 Å². The Bertz CT molecular complexity index is 646. The first kappa shape index (κ1) is 16.6. The molecule has 2 aromatic carbocycles. The molecule has 0 aliphatic rings. The molecule has 0 saturated heterocycles. The summed E-state index contributed by atoms with van der Waals surface area (Å²) in [6.07, 6.45) is -4.44. The molecule has 0 aromatic heterocycles.